The minimum Gasteiger partial charge on any atom is -0.370 e. The Morgan fingerprint density at radius 2 is 2.18 bits per heavy atom. The van der Waals surface area contributed by atoms with Crippen molar-refractivity contribution >= 4 is 41.5 Å². The molecule has 1 N–H and O–H groups in total. The second kappa shape index (κ2) is 8.89. The SMILES string of the molecule is CNCCC(=O)N1CCOC(c2cc(F)c(Cl)cc2Cl)C1.Cl. The lowest BCUT2D eigenvalue weighted by Gasteiger charge is -2.33. The summed E-state index contributed by atoms with van der Waals surface area (Å²) in [5.41, 5.74) is 0.518. The van der Waals surface area contributed by atoms with Crippen molar-refractivity contribution in [2.75, 3.05) is 33.3 Å². The maximum atomic E-state index is 13.6. The molecule has 1 aliphatic rings. The van der Waals surface area contributed by atoms with E-state index in [1.807, 2.05) is 0 Å². The van der Waals surface area contributed by atoms with Crippen LogP contribution in [0.4, 0.5) is 4.39 Å². The molecule has 0 aromatic heterocycles. The first-order valence-electron chi connectivity index (χ1n) is 6.71. The second-order valence-corrected chi connectivity index (χ2v) is 5.65. The third-order valence-electron chi connectivity index (χ3n) is 3.39. The topological polar surface area (TPSA) is 41.6 Å². The number of amides is 1. The van der Waals surface area contributed by atoms with E-state index in [2.05, 4.69) is 5.32 Å². The van der Waals surface area contributed by atoms with Gasteiger partial charge in [0.2, 0.25) is 5.91 Å². The van der Waals surface area contributed by atoms with Crippen LogP contribution < -0.4 is 5.32 Å². The first-order valence-corrected chi connectivity index (χ1v) is 7.47. The van der Waals surface area contributed by atoms with Gasteiger partial charge in [0.05, 0.1) is 18.2 Å². The molecular weight excluding hydrogens is 354 g/mol. The molecule has 1 aromatic carbocycles. The predicted octanol–water partition coefficient (Wildman–Crippen LogP) is 3.06. The maximum Gasteiger partial charge on any atom is 0.224 e. The molecular formula is C14H18Cl3FN2O2. The van der Waals surface area contributed by atoms with Crippen LogP contribution in [0.25, 0.3) is 0 Å². The molecule has 1 heterocycles. The largest absolute Gasteiger partial charge is 0.370 e. The highest BCUT2D eigenvalue weighted by Gasteiger charge is 2.27. The molecule has 1 fully saturated rings. The second-order valence-electron chi connectivity index (χ2n) is 4.84. The Hall–Kier alpha value is -0.590. The molecule has 0 saturated carbocycles. The highest BCUT2D eigenvalue weighted by molar-refractivity contribution is 6.35. The van der Waals surface area contributed by atoms with Crippen LogP contribution in [-0.2, 0) is 9.53 Å². The third kappa shape index (κ3) is 4.70. The molecule has 1 amide bonds. The normalized spacial score (nSPS) is 18.0. The van der Waals surface area contributed by atoms with E-state index >= 15 is 0 Å². The van der Waals surface area contributed by atoms with Gasteiger partial charge in [-0.05, 0) is 19.2 Å². The van der Waals surface area contributed by atoms with Gasteiger partial charge in [-0.15, -0.1) is 12.4 Å². The summed E-state index contributed by atoms with van der Waals surface area (Å²) in [4.78, 5) is 13.8. The number of carbonyl (C=O) groups excluding carboxylic acids is 1. The number of rotatable bonds is 4. The lowest BCUT2D eigenvalue weighted by atomic mass is 10.1. The Kier molecular flexibility index (Phi) is 7.86. The van der Waals surface area contributed by atoms with E-state index in [-0.39, 0.29) is 23.3 Å². The van der Waals surface area contributed by atoms with Crippen molar-refractivity contribution in [3.63, 3.8) is 0 Å². The summed E-state index contributed by atoms with van der Waals surface area (Å²) in [6.07, 6.45) is -0.0112. The number of morpholine rings is 1. The molecule has 1 atom stereocenters. The molecule has 124 valence electrons. The van der Waals surface area contributed by atoms with Crippen molar-refractivity contribution in [1.29, 1.82) is 0 Å². The zero-order valence-electron chi connectivity index (χ0n) is 12.1. The molecule has 1 aliphatic heterocycles. The van der Waals surface area contributed by atoms with E-state index in [0.29, 0.717) is 43.2 Å². The van der Waals surface area contributed by atoms with Gasteiger partial charge in [-0.2, -0.15) is 0 Å². The van der Waals surface area contributed by atoms with Gasteiger partial charge >= 0.3 is 0 Å². The molecule has 0 spiro atoms. The molecule has 1 aromatic rings. The zero-order valence-corrected chi connectivity index (χ0v) is 14.4. The molecule has 0 aliphatic carbocycles. The number of carbonyl (C=O) groups is 1. The van der Waals surface area contributed by atoms with E-state index in [0.717, 1.165) is 0 Å². The smallest absolute Gasteiger partial charge is 0.224 e. The minimum absolute atomic E-state index is 0. The Balaban J connectivity index is 0.00000242. The average Bonchev–Trinajstić information content (AvgIpc) is 2.48. The number of ether oxygens (including phenoxy) is 1. The minimum atomic E-state index is -0.543. The summed E-state index contributed by atoms with van der Waals surface area (Å²) < 4.78 is 19.2. The summed E-state index contributed by atoms with van der Waals surface area (Å²) >= 11 is 11.8. The highest BCUT2D eigenvalue weighted by atomic mass is 35.5. The quantitative estimate of drug-likeness (QED) is 0.827. The molecule has 22 heavy (non-hydrogen) atoms. The summed E-state index contributed by atoms with van der Waals surface area (Å²) in [6.45, 7) is 1.92. The predicted molar refractivity (Wildman–Crippen MR) is 87.5 cm³/mol. The van der Waals surface area contributed by atoms with Gasteiger partial charge in [0.15, 0.2) is 0 Å². The van der Waals surface area contributed by atoms with Crippen LogP contribution in [0.5, 0.6) is 0 Å². The molecule has 0 bridgehead atoms. The molecule has 8 heteroatoms. The van der Waals surface area contributed by atoms with Gasteiger partial charge in [-0.1, -0.05) is 23.2 Å². The standard InChI is InChI=1S/C14H17Cl2FN2O2.ClH/c1-18-3-2-14(20)19-4-5-21-13(8-19)9-6-12(17)11(16)7-10(9)15;/h6-7,13,18H,2-5,8H2,1H3;1H. The van der Waals surface area contributed by atoms with Crippen LogP contribution in [0, 0.1) is 5.82 Å². The fourth-order valence-electron chi connectivity index (χ4n) is 2.24. The first-order chi connectivity index (χ1) is 10.0. The summed E-state index contributed by atoms with van der Waals surface area (Å²) in [5, 5.41) is 3.26. The van der Waals surface area contributed by atoms with Crippen molar-refractivity contribution in [3.8, 4) is 0 Å². The van der Waals surface area contributed by atoms with Crippen LogP contribution in [0.15, 0.2) is 12.1 Å². The van der Waals surface area contributed by atoms with Gasteiger partial charge in [0.1, 0.15) is 11.9 Å². The van der Waals surface area contributed by atoms with Crippen LogP contribution in [0.3, 0.4) is 0 Å². The van der Waals surface area contributed by atoms with Crippen molar-refractivity contribution < 1.29 is 13.9 Å². The Labute approximate surface area is 145 Å². The van der Waals surface area contributed by atoms with Crippen LogP contribution >= 0.6 is 35.6 Å². The highest BCUT2D eigenvalue weighted by Crippen LogP contribution is 2.32. The number of halogens is 4. The van der Waals surface area contributed by atoms with E-state index in [1.54, 1.807) is 11.9 Å². The molecule has 2 rings (SSSR count). The molecule has 1 saturated heterocycles. The summed E-state index contributed by atoms with van der Waals surface area (Å²) in [6, 6.07) is 2.63. The molecule has 0 radical (unpaired) electrons. The lowest BCUT2D eigenvalue weighted by Crippen LogP contribution is -2.43. The average molecular weight is 372 g/mol. The Morgan fingerprint density at radius 3 is 2.86 bits per heavy atom. The lowest BCUT2D eigenvalue weighted by molar-refractivity contribution is -0.138. The van der Waals surface area contributed by atoms with Crippen LogP contribution in [-0.4, -0.2) is 44.1 Å². The fourth-order valence-corrected chi connectivity index (χ4v) is 2.74. The summed E-state index contributed by atoms with van der Waals surface area (Å²) in [7, 11) is 1.80. The first kappa shape index (κ1) is 19.5. The molecule has 4 nitrogen and oxygen atoms in total. The van der Waals surface area contributed by atoms with E-state index < -0.39 is 11.9 Å². The van der Waals surface area contributed by atoms with Crippen molar-refractivity contribution in [1.82, 2.24) is 10.2 Å². The van der Waals surface area contributed by atoms with Gasteiger partial charge in [0, 0.05) is 30.1 Å². The van der Waals surface area contributed by atoms with Gasteiger partial charge < -0.3 is 15.0 Å². The Bertz CT molecular complexity index is 531. The van der Waals surface area contributed by atoms with Gasteiger partial charge in [-0.3, -0.25) is 4.79 Å². The fraction of sp³-hybridized carbons (Fsp3) is 0.500. The van der Waals surface area contributed by atoms with Crippen molar-refractivity contribution in [2.24, 2.45) is 0 Å². The number of nitrogens with zero attached hydrogens (tertiary/aromatic N) is 1. The van der Waals surface area contributed by atoms with E-state index in [9.17, 15) is 9.18 Å². The van der Waals surface area contributed by atoms with Crippen LogP contribution in [0.2, 0.25) is 10.0 Å². The Morgan fingerprint density at radius 1 is 1.45 bits per heavy atom. The van der Waals surface area contributed by atoms with Crippen LogP contribution in [0.1, 0.15) is 18.1 Å². The maximum absolute atomic E-state index is 13.6. The summed E-state index contributed by atoms with van der Waals surface area (Å²) in [5.74, 6) is -0.499. The third-order valence-corrected chi connectivity index (χ3v) is 4.01. The number of nitrogens with one attached hydrogen (secondary N) is 1. The number of hydrogen-bond acceptors (Lipinski definition) is 3. The molecule has 1 unspecified atom stereocenters. The zero-order chi connectivity index (χ0) is 15.4. The monoisotopic (exact) mass is 370 g/mol. The van der Waals surface area contributed by atoms with Gasteiger partial charge in [0.25, 0.3) is 0 Å². The van der Waals surface area contributed by atoms with E-state index in [4.69, 9.17) is 27.9 Å². The number of benzene rings is 1. The van der Waals surface area contributed by atoms with Crippen molar-refractivity contribution in [3.05, 3.63) is 33.6 Å². The van der Waals surface area contributed by atoms with E-state index in [1.165, 1.54) is 12.1 Å². The van der Waals surface area contributed by atoms with Gasteiger partial charge in [-0.25, -0.2) is 4.39 Å². The number of hydrogen-bond donors (Lipinski definition) is 1. The van der Waals surface area contributed by atoms with Crippen molar-refractivity contribution in [2.45, 2.75) is 12.5 Å².